The average Bonchev–Trinajstić information content (AvgIpc) is 1.65. The van der Waals surface area contributed by atoms with Crippen molar-refractivity contribution in [3.05, 3.63) is 138 Å². The van der Waals surface area contributed by atoms with Gasteiger partial charge in [0.1, 0.15) is 60.1 Å². The molecule has 10 amide bonds. The molecule has 0 aliphatic carbocycles. The van der Waals surface area contributed by atoms with Gasteiger partial charge in [0.25, 0.3) is 0 Å². The van der Waals surface area contributed by atoms with Crippen LogP contribution in [-0.4, -0.2) is 185 Å². The summed E-state index contributed by atoms with van der Waals surface area (Å²) in [6.45, 7) is 5.50. The number of amides is 10. The Hall–Kier alpha value is -10.7. The smallest absolute Gasteiger partial charge is 0.245 e. The number of aliphatic hydroxyl groups is 1. The molecular formula is C66H86N18O12. The average molecular weight is 1320 g/mol. The van der Waals surface area contributed by atoms with Crippen LogP contribution in [0.1, 0.15) is 93.8 Å². The summed E-state index contributed by atoms with van der Waals surface area (Å²) in [5.41, 5.74) is 14.6. The van der Waals surface area contributed by atoms with Crippen LogP contribution in [0.3, 0.4) is 0 Å². The number of rotatable bonds is 34. The number of imidazole rings is 2. The van der Waals surface area contributed by atoms with Crippen molar-refractivity contribution in [1.29, 1.82) is 0 Å². The monoisotopic (exact) mass is 1320 g/mol. The van der Waals surface area contributed by atoms with Gasteiger partial charge < -0.3 is 89.0 Å². The molecule has 8 rings (SSSR count). The molecule has 30 nitrogen and oxygen atoms in total. The number of nitrogens with zero attached hydrogens (tertiary/aromatic N) is 5. The summed E-state index contributed by atoms with van der Waals surface area (Å²) in [5, 5.41) is 46.3. The van der Waals surface area contributed by atoms with Crippen molar-refractivity contribution in [3.8, 4) is 5.75 Å². The van der Waals surface area contributed by atoms with Gasteiger partial charge in [-0.05, 0) is 86.3 Å². The number of hydrogen-bond acceptors (Lipinski definition) is 15. The summed E-state index contributed by atoms with van der Waals surface area (Å²) < 4.78 is 1.78. The maximum absolute atomic E-state index is 15.1. The molecule has 0 unspecified atom stereocenters. The standard InChI is InChI=1S/C66H86N18O12/c1-4-70-64(95)55-17-11-25-84(55)65(96)48(16-10-24-71-66(67)68)76-58(89)49(26-38(2)3)77-62(93)53(30-43-34-83(37-74-43)33-40-12-6-5-7-13-40)81-59(90)50(27-39-18-20-44(86)21-19-39)78-63(94)54(35-85)82-60(91)51(28-41-31-72-46-15-9-8-14-45(41)46)79-61(92)52(29-42-32-69-36-73-42)80-57(88)47-22-23-56(87)75-47/h5-9,12-15,18-21,31-32,34,36-38,47-55,72,85-86H,4,10-11,16-17,22-30,33,35H2,1-3H3,(H,69,73)(H,70,95)(H,75,87)(H,76,89)(H,77,93)(H,78,94)(H,79,92)(H,80,88)(H,81,90)(H,82,91)(H4,67,68,71)/t47-,48-,49+,50-,51-,52-,53+,54-,55-/m0/s1. The number of nitrogens with two attached hydrogens (primary N) is 2. The van der Waals surface area contributed by atoms with Gasteiger partial charge in [-0.2, -0.15) is 0 Å². The number of aromatic amines is 2. The molecule has 5 heterocycles. The number of guanidine groups is 1. The molecule has 0 bridgehead atoms. The van der Waals surface area contributed by atoms with Crippen LogP contribution >= 0.6 is 0 Å². The van der Waals surface area contributed by atoms with Crippen LogP contribution in [0.5, 0.6) is 5.75 Å². The van der Waals surface area contributed by atoms with E-state index in [1.54, 1.807) is 48.4 Å². The zero-order chi connectivity index (χ0) is 68.8. The van der Waals surface area contributed by atoms with Crippen LogP contribution in [0.25, 0.3) is 10.9 Å². The van der Waals surface area contributed by atoms with Crippen LogP contribution in [0.4, 0.5) is 0 Å². The summed E-state index contributed by atoms with van der Waals surface area (Å²) in [6.07, 6.45) is 8.49. The largest absolute Gasteiger partial charge is 0.508 e. The van der Waals surface area contributed by atoms with Crippen molar-refractivity contribution in [1.82, 2.24) is 77.3 Å². The minimum Gasteiger partial charge on any atom is -0.508 e. The Bertz CT molecular complexity index is 3680. The van der Waals surface area contributed by atoms with E-state index in [0.29, 0.717) is 59.3 Å². The predicted octanol–water partition coefficient (Wildman–Crippen LogP) is -0.997. The summed E-state index contributed by atoms with van der Waals surface area (Å²) in [4.78, 5) is 162. The number of carbonyl (C=O) groups excluding carboxylic acids is 10. The van der Waals surface area contributed by atoms with Crippen molar-refractivity contribution < 1.29 is 58.2 Å². The van der Waals surface area contributed by atoms with E-state index in [1.165, 1.54) is 41.7 Å². The molecule has 3 aromatic heterocycles. The van der Waals surface area contributed by atoms with Crippen molar-refractivity contribution in [2.45, 2.75) is 152 Å². The molecule has 2 aliphatic heterocycles. The highest BCUT2D eigenvalue weighted by Gasteiger charge is 2.40. The number of aliphatic imine (C=N–C) groups is 1. The van der Waals surface area contributed by atoms with Crippen LogP contribution in [-0.2, 0) is 80.2 Å². The summed E-state index contributed by atoms with van der Waals surface area (Å²) >= 11 is 0. The molecule has 2 fully saturated rings. The molecular weight excluding hydrogens is 1240 g/mol. The molecule has 0 saturated carbocycles. The fraction of sp³-hybridized carbons (Fsp3) is 0.439. The first-order chi connectivity index (χ1) is 46.1. The zero-order valence-corrected chi connectivity index (χ0v) is 53.8. The fourth-order valence-electron chi connectivity index (χ4n) is 11.6. The molecule has 17 N–H and O–H groups in total. The number of aromatic hydroxyl groups is 1. The minimum atomic E-state index is -1.79. The van der Waals surface area contributed by atoms with Crippen LogP contribution in [0.15, 0.2) is 115 Å². The molecule has 2 aliphatic rings. The molecule has 0 spiro atoms. The number of aliphatic hydroxyl groups excluding tert-OH is 1. The lowest BCUT2D eigenvalue weighted by atomic mass is 10.0. The van der Waals surface area contributed by atoms with E-state index in [9.17, 15) is 48.6 Å². The number of fused-ring (bicyclic) bond motifs is 1. The van der Waals surface area contributed by atoms with Gasteiger partial charge in [0.15, 0.2) is 5.96 Å². The normalized spacial score (nSPS) is 16.6. The number of likely N-dealkylation sites (tertiary alicyclic amines) is 1. The second-order valence-electron chi connectivity index (χ2n) is 24.4. The number of benzene rings is 3. The lowest BCUT2D eigenvalue weighted by molar-refractivity contribution is -0.142. The van der Waals surface area contributed by atoms with Crippen molar-refractivity contribution in [2.75, 3.05) is 26.2 Å². The number of phenolic OH excluding ortho intramolecular Hbond substituents is 1. The Morgan fingerprint density at radius 1 is 0.698 bits per heavy atom. The molecule has 96 heavy (non-hydrogen) atoms. The fourth-order valence-corrected chi connectivity index (χ4v) is 11.6. The van der Waals surface area contributed by atoms with Crippen LogP contribution in [0.2, 0.25) is 0 Å². The van der Waals surface area contributed by atoms with Gasteiger partial charge in [-0.15, -0.1) is 0 Å². The third kappa shape index (κ3) is 20.4. The van der Waals surface area contributed by atoms with E-state index >= 15 is 9.59 Å². The van der Waals surface area contributed by atoms with Gasteiger partial charge in [0.2, 0.25) is 59.1 Å². The van der Waals surface area contributed by atoms with E-state index in [2.05, 4.69) is 72.8 Å². The lowest BCUT2D eigenvalue weighted by Crippen LogP contribution is -2.61. The molecule has 0 radical (unpaired) electrons. The molecule has 9 atom stereocenters. The Kier molecular flexibility index (Phi) is 25.6. The van der Waals surface area contributed by atoms with Gasteiger partial charge in [-0.1, -0.05) is 74.5 Å². The molecule has 30 heteroatoms. The highest BCUT2D eigenvalue weighted by atomic mass is 16.3. The van der Waals surface area contributed by atoms with E-state index in [4.69, 9.17) is 11.5 Å². The first-order valence-corrected chi connectivity index (χ1v) is 32.2. The summed E-state index contributed by atoms with van der Waals surface area (Å²) in [5.74, 6) is -7.72. The second kappa shape index (κ2) is 34.5. The highest BCUT2D eigenvalue weighted by Crippen LogP contribution is 2.23. The summed E-state index contributed by atoms with van der Waals surface area (Å²) in [7, 11) is 0. The molecule has 2 saturated heterocycles. The van der Waals surface area contributed by atoms with Crippen molar-refractivity contribution >= 4 is 75.9 Å². The van der Waals surface area contributed by atoms with Gasteiger partial charge in [0, 0.05) is 93.5 Å². The first-order valence-electron chi connectivity index (χ1n) is 32.2. The molecule has 3 aromatic carbocycles. The van der Waals surface area contributed by atoms with E-state index in [0.717, 1.165) is 5.56 Å². The maximum atomic E-state index is 15.1. The number of para-hydroxylation sites is 1. The number of aromatic nitrogens is 5. The number of hydrogen-bond donors (Lipinski definition) is 15. The Labute approximate surface area is 554 Å². The third-order valence-corrected chi connectivity index (χ3v) is 16.5. The van der Waals surface area contributed by atoms with Gasteiger partial charge in [-0.3, -0.25) is 52.9 Å². The number of likely N-dealkylation sites (N-methyl/N-ethyl adjacent to an activating group) is 1. The number of nitrogens with one attached hydrogen (secondary N) is 11. The molecule has 6 aromatic rings. The van der Waals surface area contributed by atoms with E-state index in [-0.39, 0.29) is 100 Å². The second-order valence-corrected chi connectivity index (χ2v) is 24.4. The minimum absolute atomic E-state index is 0.0495. The Morgan fingerprint density at radius 3 is 1.97 bits per heavy atom. The Morgan fingerprint density at radius 2 is 1.32 bits per heavy atom. The maximum Gasteiger partial charge on any atom is 0.245 e. The quantitative estimate of drug-likeness (QED) is 0.0131. The number of phenols is 1. The Balaban J connectivity index is 1.06. The van der Waals surface area contributed by atoms with Gasteiger partial charge >= 0.3 is 0 Å². The van der Waals surface area contributed by atoms with Crippen LogP contribution in [0, 0.1) is 5.92 Å². The lowest BCUT2D eigenvalue weighted by Gasteiger charge is -2.30. The first kappa shape index (κ1) is 71.2. The van der Waals surface area contributed by atoms with Gasteiger partial charge in [0.05, 0.1) is 25.0 Å². The predicted molar refractivity (Wildman–Crippen MR) is 352 cm³/mol. The summed E-state index contributed by atoms with van der Waals surface area (Å²) in [6, 6.07) is 10.5. The SMILES string of the molecule is CCNC(=O)[C@@H]1CCCN1C(=O)[C@H](CCCN=C(N)N)NC(=O)[C@@H](CC(C)C)NC(=O)[C@@H](Cc1cn(Cc2ccccc2)cn1)NC(=O)[C@H](Cc1ccc(O)cc1)NC(=O)[C@H](CO)NC(=O)[C@H](Cc1c[nH]c2ccccc12)NC(=O)[C@H](Cc1cnc[nH]1)NC(=O)[C@@H]1CCC(=O)N1. The number of carbonyl (C=O) groups is 10. The molecule has 512 valence electrons. The zero-order valence-electron chi connectivity index (χ0n) is 53.8. The van der Waals surface area contributed by atoms with Crippen molar-refractivity contribution in [3.63, 3.8) is 0 Å². The topological polar surface area (TPSA) is 449 Å². The van der Waals surface area contributed by atoms with Gasteiger partial charge in [-0.25, -0.2) is 9.97 Å². The third-order valence-electron chi connectivity index (χ3n) is 16.5. The van der Waals surface area contributed by atoms with E-state index in [1.807, 2.05) is 50.2 Å². The van der Waals surface area contributed by atoms with Crippen LogP contribution < -0.4 is 59.3 Å². The number of H-pyrrole nitrogens is 2. The van der Waals surface area contributed by atoms with E-state index < -0.39 is 108 Å². The van der Waals surface area contributed by atoms with Crippen molar-refractivity contribution in [2.24, 2.45) is 22.4 Å². The highest BCUT2D eigenvalue weighted by molar-refractivity contribution is 5.99.